The molecule has 1 saturated heterocycles. The van der Waals surface area contributed by atoms with Gasteiger partial charge in [0.1, 0.15) is 5.75 Å². The number of benzene rings is 2. The van der Waals surface area contributed by atoms with Crippen molar-refractivity contribution in [1.29, 1.82) is 0 Å². The number of carbonyl (C=O) groups excluding carboxylic acids is 1. The van der Waals surface area contributed by atoms with Crippen molar-refractivity contribution in [2.24, 2.45) is 5.73 Å². The summed E-state index contributed by atoms with van der Waals surface area (Å²) in [6.07, 6.45) is 6.30. The van der Waals surface area contributed by atoms with E-state index in [-0.39, 0.29) is 12.3 Å². The van der Waals surface area contributed by atoms with Crippen molar-refractivity contribution in [2.75, 3.05) is 19.7 Å². The summed E-state index contributed by atoms with van der Waals surface area (Å²) < 4.78 is 5.83. The van der Waals surface area contributed by atoms with Crippen LogP contribution in [0.4, 0.5) is 0 Å². The zero-order valence-corrected chi connectivity index (χ0v) is 16.5. The van der Waals surface area contributed by atoms with Crippen LogP contribution in [0.25, 0.3) is 0 Å². The molecule has 0 bridgehead atoms. The summed E-state index contributed by atoms with van der Waals surface area (Å²) >= 11 is 0. The lowest BCUT2D eigenvalue weighted by Crippen LogP contribution is -2.41. The molecule has 1 aliphatic carbocycles. The van der Waals surface area contributed by atoms with E-state index in [9.17, 15) is 4.79 Å². The van der Waals surface area contributed by atoms with Crippen LogP contribution in [0.15, 0.2) is 48.5 Å². The van der Waals surface area contributed by atoms with E-state index in [4.69, 9.17) is 10.5 Å². The van der Waals surface area contributed by atoms with Gasteiger partial charge in [-0.2, -0.15) is 0 Å². The van der Waals surface area contributed by atoms with Crippen LogP contribution in [0.3, 0.4) is 0 Å². The number of carbonyl (C=O) groups is 1. The number of likely N-dealkylation sites (tertiary alicyclic amines) is 1. The molecular weight excluding hydrogens is 348 g/mol. The molecule has 28 heavy (non-hydrogen) atoms. The number of nitrogens with two attached hydrogens (primary N) is 1. The molecule has 0 saturated carbocycles. The Hall–Kier alpha value is -2.33. The van der Waals surface area contributed by atoms with Crippen LogP contribution < -0.4 is 10.5 Å². The highest BCUT2D eigenvalue weighted by Gasteiger charge is 2.34. The van der Waals surface area contributed by atoms with Gasteiger partial charge in [-0.1, -0.05) is 36.4 Å². The summed E-state index contributed by atoms with van der Waals surface area (Å²) in [5, 5.41) is 0. The molecule has 1 fully saturated rings. The van der Waals surface area contributed by atoms with Crippen molar-refractivity contribution in [2.45, 2.75) is 50.5 Å². The lowest BCUT2D eigenvalue weighted by atomic mass is 9.75. The molecule has 148 valence electrons. The predicted octanol–water partition coefficient (Wildman–Crippen LogP) is 3.68. The molecule has 1 heterocycles. The smallest absolute Gasteiger partial charge is 0.220 e. The Labute approximate surface area is 167 Å². The molecule has 0 radical (unpaired) electrons. The largest absolute Gasteiger partial charge is 0.493 e. The van der Waals surface area contributed by atoms with Gasteiger partial charge in [0.15, 0.2) is 0 Å². The Bertz CT molecular complexity index is 800. The Morgan fingerprint density at radius 1 is 1.11 bits per heavy atom. The first-order valence-electron chi connectivity index (χ1n) is 10.5. The summed E-state index contributed by atoms with van der Waals surface area (Å²) in [7, 11) is 0. The predicted molar refractivity (Wildman–Crippen MR) is 112 cm³/mol. The van der Waals surface area contributed by atoms with Crippen molar-refractivity contribution < 1.29 is 9.53 Å². The maximum atomic E-state index is 11.0. The first-order valence-corrected chi connectivity index (χ1v) is 10.5. The quantitative estimate of drug-likeness (QED) is 0.800. The number of hydrogen-bond acceptors (Lipinski definition) is 3. The third kappa shape index (κ3) is 4.39. The SMILES string of the molecule is NC(=O)CCOc1ccc2c(c1)C(Cc1ccccc1)C(N1CCCC1)CC2. The van der Waals surface area contributed by atoms with E-state index in [1.165, 1.54) is 49.0 Å². The molecule has 4 nitrogen and oxygen atoms in total. The van der Waals surface area contributed by atoms with E-state index in [2.05, 4.69) is 47.4 Å². The standard InChI is InChI=1S/C24H30N2O2/c25-24(27)12-15-28-20-10-8-19-9-11-23(26-13-4-5-14-26)22(21(19)17-20)16-18-6-2-1-3-7-18/h1-3,6-8,10,17,22-23H,4-5,9,11-16H2,(H2,25,27). The zero-order valence-electron chi connectivity index (χ0n) is 16.5. The summed E-state index contributed by atoms with van der Waals surface area (Å²) in [4.78, 5) is 13.7. The minimum Gasteiger partial charge on any atom is -0.493 e. The van der Waals surface area contributed by atoms with Crippen LogP contribution in [0, 0.1) is 0 Å². The van der Waals surface area contributed by atoms with Crippen molar-refractivity contribution in [3.8, 4) is 5.75 Å². The van der Waals surface area contributed by atoms with Gasteiger partial charge >= 0.3 is 0 Å². The van der Waals surface area contributed by atoms with Crippen LogP contribution in [-0.4, -0.2) is 36.5 Å². The fraction of sp³-hybridized carbons (Fsp3) is 0.458. The topological polar surface area (TPSA) is 55.6 Å². The van der Waals surface area contributed by atoms with Gasteiger partial charge in [0.25, 0.3) is 0 Å². The number of fused-ring (bicyclic) bond motifs is 1. The number of amides is 1. The van der Waals surface area contributed by atoms with Gasteiger partial charge in [-0.05, 0) is 74.0 Å². The van der Waals surface area contributed by atoms with E-state index in [1.807, 2.05) is 6.07 Å². The lowest BCUT2D eigenvalue weighted by Gasteiger charge is -2.39. The van der Waals surface area contributed by atoms with E-state index in [1.54, 1.807) is 0 Å². The van der Waals surface area contributed by atoms with Crippen LogP contribution in [-0.2, 0) is 17.6 Å². The molecular formula is C24H30N2O2. The van der Waals surface area contributed by atoms with E-state index in [0.29, 0.717) is 18.6 Å². The van der Waals surface area contributed by atoms with Crippen LogP contribution >= 0.6 is 0 Å². The maximum absolute atomic E-state index is 11.0. The lowest BCUT2D eigenvalue weighted by molar-refractivity contribution is -0.118. The van der Waals surface area contributed by atoms with Crippen LogP contribution in [0.1, 0.15) is 48.3 Å². The fourth-order valence-corrected chi connectivity index (χ4v) is 4.84. The molecule has 2 aromatic rings. The fourth-order valence-electron chi connectivity index (χ4n) is 4.84. The highest BCUT2D eigenvalue weighted by molar-refractivity contribution is 5.73. The summed E-state index contributed by atoms with van der Waals surface area (Å²) in [5.41, 5.74) is 9.50. The van der Waals surface area contributed by atoms with E-state index >= 15 is 0 Å². The van der Waals surface area contributed by atoms with Crippen LogP contribution in [0.5, 0.6) is 5.75 Å². The maximum Gasteiger partial charge on any atom is 0.220 e. The van der Waals surface area contributed by atoms with Crippen molar-refractivity contribution in [3.05, 3.63) is 65.2 Å². The van der Waals surface area contributed by atoms with E-state index in [0.717, 1.165) is 18.6 Å². The number of primary amides is 1. The third-order valence-electron chi connectivity index (χ3n) is 6.22. The number of hydrogen-bond donors (Lipinski definition) is 1. The number of rotatable bonds is 7. The summed E-state index contributed by atoms with van der Waals surface area (Å²) in [6.45, 7) is 2.78. The third-order valence-corrected chi connectivity index (χ3v) is 6.22. The van der Waals surface area contributed by atoms with Crippen molar-refractivity contribution in [1.82, 2.24) is 4.90 Å². The molecule has 2 atom stereocenters. The van der Waals surface area contributed by atoms with Gasteiger partial charge in [0.2, 0.25) is 5.91 Å². The van der Waals surface area contributed by atoms with Crippen LogP contribution in [0.2, 0.25) is 0 Å². The molecule has 2 unspecified atom stereocenters. The first kappa shape index (κ1) is 19.0. The number of nitrogens with zero attached hydrogens (tertiary/aromatic N) is 1. The molecule has 2 aromatic carbocycles. The van der Waals surface area contributed by atoms with Crippen molar-refractivity contribution >= 4 is 5.91 Å². The summed E-state index contributed by atoms with van der Waals surface area (Å²) in [5.74, 6) is 0.998. The Balaban J connectivity index is 1.61. The summed E-state index contributed by atoms with van der Waals surface area (Å²) in [6, 6.07) is 17.9. The minimum atomic E-state index is -0.325. The van der Waals surface area contributed by atoms with Gasteiger partial charge in [-0.3, -0.25) is 9.69 Å². The number of ether oxygens (including phenoxy) is 1. The van der Waals surface area contributed by atoms with Gasteiger partial charge in [0.05, 0.1) is 13.0 Å². The Morgan fingerprint density at radius 2 is 1.89 bits per heavy atom. The highest BCUT2D eigenvalue weighted by Crippen LogP contribution is 2.39. The molecule has 2 N–H and O–H groups in total. The Kier molecular flexibility index (Phi) is 5.96. The molecule has 0 spiro atoms. The zero-order chi connectivity index (χ0) is 19.3. The molecule has 0 aromatic heterocycles. The number of aryl methyl sites for hydroxylation is 1. The Morgan fingerprint density at radius 3 is 2.64 bits per heavy atom. The molecule has 4 heteroatoms. The van der Waals surface area contributed by atoms with E-state index < -0.39 is 0 Å². The molecule has 4 rings (SSSR count). The average molecular weight is 379 g/mol. The molecule has 1 aliphatic heterocycles. The van der Waals surface area contributed by atoms with Gasteiger partial charge in [-0.15, -0.1) is 0 Å². The second kappa shape index (κ2) is 8.78. The monoisotopic (exact) mass is 378 g/mol. The minimum absolute atomic E-state index is 0.251. The highest BCUT2D eigenvalue weighted by atomic mass is 16.5. The first-order chi connectivity index (χ1) is 13.7. The van der Waals surface area contributed by atoms with Crippen molar-refractivity contribution in [3.63, 3.8) is 0 Å². The van der Waals surface area contributed by atoms with Gasteiger partial charge in [-0.25, -0.2) is 0 Å². The second-order valence-corrected chi connectivity index (χ2v) is 8.07. The molecule has 1 amide bonds. The van der Waals surface area contributed by atoms with Gasteiger partial charge in [0, 0.05) is 12.0 Å². The van der Waals surface area contributed by atoms with Gasteiger partial charge < -0.3 is 10.5 Å². The second-order valence-electron chi connectivity index (χ2n) is 8.07. The average Bonchev–Trinajstić information content (AvgIpc) is 3.23. The normalized spacial score (nSPS) is 22.0. The molecule has 2 aliphatic rings.